The van der Waals surface area contributed by atoms with Crippen LogP contribution in [0.3, 0.4) is 0 Å². The number of nitrogens with zero attached hydrogens (tertiary/aromatic N) is 2. The fourth-order valence-corrected chi connectivity index (χ4v) is 2.25. The monoisotopic (exact) mass is 323 g/mol. The molecule has 0 saturated heterocycles. The minimum absolute atomic E-state index is 0.0544. The minimum Gasteiger partial charge on any atom is -0.396 e. The van der Waals surface area contributed by atoms with Gasteiger partial charge in [0.2, 0.25) is 11.9 Å². The van der Waals surface area contributed by atoms with Crippen LogP contribution in [0.2, 0.25) is 0 Å². The van der Waals surface area contributed by atoms with Crippen LogP contribution >= 0.6 is 0 Å². The molecule has 120 valence electrons. The van der Waals surface area contributed by atoms with E-state index in [4.69, 9.17) is 17.2 Å². The summed E-state index contributed by atoms with van der Waals surface area (Å²) in [6.07, 6.45) is 0. The molecule has 7 heteroatoms. The number of amides is 1. The summed E-state index contributed by atoms with van der Waals surface area (Å²) >= 11 is 0. The van der Waals surface area contributed by atoms with Crippen molar-refractivity contribution in [3.63, 3.8) is 0 Å². The van der Waals surface area contributed by atoms with Crippen LogP contribution in [0.15, 0.2) is 48.5 Å². The first-order chi connectivity index (χ1) is 11.4. The number of hydrogen-bond donors (Lipinski definition) is 3. The SMILES string of the molecule is NC(=O)c1ccc(-c2cc(-c3ccc(N)c(F)c3)nc(N)n2)cc1. The maximum Gasteiger partial charge on any atom is 0.248 e. The van der Waals surface area contributed by atoms with Crippen LogP contribution in [0.4, 0.5) is 16.0 Å². The molecule has 0 bridgehead atoms. The van der Waals surface area contributed by atoms with Crippen LogP contribution < -0.4 is 17.2 Å². The molecule has 0 radical (unpaired) electrons. The number of aromatic nitrogens is 2. The molecule has 0 aliphatic rings. The summed E-state index contributed by atoms with van der Waals surface area (Å²) < 4.78 is 13.7. The fraction of sp³-hybridized carbons (Fsp3) is 0. The largest absolute Gasteiger partial charge is 0.396 e. The van der Waals surface area contributed by atoms with Crippen molar-refractivity contribution in [1.82, 2.24) is 9.97 Å². The highest BCUT2D eigenvalue weighted by Gasteiger charge is 2.10. The first-order valence-corrected chi connectivity index (χ1v) is 7.04. The molecule has 3 rings (SSSR count). The molecule has 0 aliphatic carbocycles. The Morgan fingerprint density at radius 3 is 2.04 bits per heavy atom. The molecule has 1 heterocycles. The van der Waals surface area contributed by atoms with Gasteiger partial charge in [0.25, 0.3) is 0 Å². The van der Waals surface area contributed by atoms with E-state index in [-0.39, 0.29) is 11.6 Å². The zero-order valence-electron chi connectivity index (χ0n) is 12.5. The average Bonchev–Trinajstić information content (AvgIpc) is 2.57. The fourth-order valence-electron chi connectivity index (χ4n) is 2.25. The van der Waals surface area contributed by atoms with Crippen LogP contribution in [0.5, 0.6) is 0 Å². The number of benzene rings is 2. The number of primary amides is 1. The summed E-state index contributed by atoms with van der Waals surface area (Å²) in [5.74, 6) is -0.988. The Morgan fingerprint density at radius 1 is 0.875 bits per heavy atom. The van der Waals surface area contributed by atoms with Crippen molar-refractivity contribution in [1.29, 1.82) is 0 Å². The highest BCUT2D eigenvalue weighted by molar-refractivity contribution is 5.93. The van der Waals surface area contributed by atoms with Crippen molar-refractivity contribution in [2.45, 2.75) is 0 Å². The van der Waals surface area contributed by atoms with Gasteiger partial charge in [0.05, 0.1) is 17.1 Å². The first-order valence-electron chi connectivity index (χ1n) is 7.04. The van der Waals surface area contributed by atoms with Gasteiger partial charge in [-0.3, -0.25) is 4.79 Å². The highest BCUT2D eigenvalue weighted by Crippen LogP contribution is 2.26. The number of halogens is 1. The van der Waals surface area contributed by atoms with E-state index >= 15 is 0 Å². The zero-order chi connectivity index (χ0) is 17.3. The van der Waals surface area contributed by atoms with E-state index in [1.807, 2.05) is 0 Å². The van der Waals surface area contributed by atoms with Crippen molar-refractivity contribution >= 4 is 17.5 Å². The van der Waals surface area contributed by atoms with Gasteiger partial charge in [0.15, 0.2) is 0 Å². The van der Waals surface area contributed by atoms with Gasteiger partial charge in [-0.2, -0.15) is 0 Å². The summed E-state index contributed by atoms with van der Waals surface area (Å²) in [4.78, 5) is 19.4. The summed E-state index contributed by atoms with van der Waals surface area (Å²) in [5, 5.41) is 0. The predicted molar refractivity (Wildman–Crippen MR) is 90.2 cm³/mol. The lowest BCUT2D eigenvalue weighted by Gasteiger charge is -2.08. The summed E-state index contributed by atoms with van der Waals surface area (Å²) in [5.41, 5.74) is 19.2. The molecule has 0 unspecified atom stereocenters. The first kappa shape index (κ1) is 15.4. The molecule has 3 aromatic rings. The average molecular weight is 323 g/mol. The molecular weight excluding hydrogens is 309 g/mol. The maximum absolute atomic E-state index is 13.7. The molecule has 0 aliphatic heterocycles. The van der Waals surface area contributed by atoms with Gasteiger partial charge >= 0.3 is 0 Å². The van der Waals surface area contributed by atoms with E-state index in [0.29, 0.717) is 22.5 Å². The molecule has 0 saturated carbocycles. The second-order valence-corrected chi connectivity index (χ2v) is 5.17. The summed E-state index contributed by atoms with van der Waals surface area (Å²) in [6, 6.07) is 12.7. The van der Waals surface area contributed by atoms with E-state index in [1.54, 1.807) is 36.4 Å². The molecule has 0 fully saturated rings. The normalized spacial score (nSPS) is 10.5. The zero-order valence-corrected chi connectivity index (χ0v) is 12.5. The lowest BCUT2D eigenvalue weighted by molar-refractivity contribution is 0.100. The number of anilines is 2. The Kier molecular flexibility index (Phi) is 3.83. The van der Waals surface area contributed by atoms with Gasteiger partial charge in [-0.25, -0.2) is 14.4 Å². The summed E-state index contributed by atoms with van der Waals surface area (Å²) in [6.45, 7) is 0. The van der Waals surface area contributed by atoms with Crippen molar-refractivity contribution < 1.29 is 9.18 Å². The Hall–Kier alpha value is -3.48. The third kappa shape index (κ3) is 3.00. The quantitative estimate of drug-likeness (QED) is 0.638. The standard InChI is InChI=1S/C17H14FN5O/c18-12-7-11(5-6-13(12)19)15-8-14(22-17(21)23-15)9-1-3-10(4-2-9)16(20)24/h1-8H,19H2,(H2,20,24)(H2,21,22,23). The maximum atomic E-state index is 13.7. The predicted octanol–water partition coefficient (Wildman–Crippen LogP) is 2.21. The number of rotatable bonds is 3. The number of nitrogens with two attached hydrogens (primary N) is 3. The topological polar surface area (TPSA) is 121 Å². The molecule has 0 spiro atoms. The van der Waals surface area contributed by atoms with Crippen molar-refractivity contribution in [2.75, 3.05) is 11.5 Å². The van der Waals surface area contributed by atoms with Gasteiger partial charge in [-0.15, -0.1) is 0 Å². The van der Waals surface area contributed by atoms with E-state index in [9.17, 15) is 9.18 Å². The van der Waals surface area contributed by atoms with E-state index in [1.165, 1.54) is 12.1 Å². The molecular formula is C17H14FN5O. The molecule has 6 N–H and O–H groups in total. The molecule has 1 amide bonds. The smallest absolute Gasteiger partial charge is 0.248 e. The van der Waals surface area contributed by atoms with Crippen LogP contribution in [0.25, 0.3) is 22.5 Å². The van der Waals surface area contributed by atoms with Crippen molar-refractivity contribution in [3.05, 3.63) is 59.9 Å². The number of hydrogen-bond acceptors (Lipinski definition) is 5. The molecule has 1 aromatic heterocycles. The number of nitrogen functional groups attached to an aromatic ring is 2. The van der Waals surface area contributed by atoms with Crippen molar-refractivity contribution in [2.24, 2.45) is 5.73 Å². The molecule has 2 aromatic carbocycles. The van der Waals surface area contributed by atoms with Crippen LogP contribution in [0, 0.1) is 5.82 Å². The van der Waals surface area contributed by atoms with E-state index in [0.717, 1.165) is 5.56 Å². The van der Waals surface area contributed by atoms with Gasteiger partial charge in [-0.05, 0) is 30.3 Å². The third-order valence-electron chi connectivity index (χ3n) is 3.50. The Bertz CT molecular complexity index is 925. The van der Waals surface area contributed by atoms with Gasteiger partial charge in [-0.1, -0.05) is 18.2 Å². The van der Waals surface area contributed by atoms with Gasteiger partial charge < -0.3 is 17.2 Å². The van der Waals surface area contributed by atoms with Crippen LogP contribution in [0.1, 0.15) is 10.4 Å². The summed E-state index contributed by atoms with van der Waals surface area (Å²) in [7, 11) is 0. The molecule has 24 heavy (non-hydrogen) atoms. The van der Waals surface area contributed by atoms with E-state index in [2.05, 4.69) is 9.97 Å². The van der Waals surface area contributed by atoms with Gasteiger partial charge in [0, 0.05) is 16.7 Å². The Balaban J connectivity index is 2.05. The third-order valence-corrected chi connectivity index (χ3v) is 3.50. The Labute approximate surface area is 137 Å². The van der Waals surface area contributed by atoms with Crippen LogP contribution in [-0.2, 0) is 0 Å². The van der Waals surface area contributed by atoms with Crippen LogP contribution in [-0.4, -0.2) is 15.9 Å². The molecule has 6 nitrogen and oxygen atoms in total. The number of carbonyl (C=O) groups excluding carboxylic acids is 1. The van der Waals surface area contributed by atoms with Crippen molar-refractivity contribution in [3.8, 4) is 22.5 Å². The highest BCUT2D eigenvalue weighted by atomic mass is 19.1. The Morgan fingerprint density at radius 2 is 1.46 bits per heavy atom. The van der Waals surface area contributed by atoms with Gasteiger partial charge in [0.1, 0.15) is 5.82 Å². The second-order valence-electron chi connectivity index (χ2n) is 5.17. The number of carbonyl (C=O) groups is 1. The second kappa shape index (κ2) is 5.96. The lowest BCUT2D eigenvalue weighted by atomic mass is 10.1. The minimum atomic E-state index is -0.531. The lowest BCUT2D eigenvalue weighted by Crippen LogP contribution is -2.10. The van der Waals surface area contributed by atoms with E-state index < -0.39 is 11.7 Å². The molecule has 0 atom stereocenters.